The summed E-state index contributed by atoms with van der Waals surface area (Å²) in [6.07, 6.45) is 19.9. The molecule has 0 saturated carbocycles. The fourth-order valence-electron chi connectivity index (χ4n) is 3.80. The minimum Gasteiger partial charge on any atom is -0.466 e. The summed E-state index contributed by atoms with van der Waals surface area (Å²) in [6.45, 7) is 10.1. The fourth-order valence-corrected chi connectivity index (χ4v) is 3.80. The topological polar surface area (TPSA) is 52.6 Å². The number of hydrogen-bond donors (Lipinski definition) is 0. The van der Waals surface area contributed by atoms with Crippen LogP contribution in [0.2, 0.25) is 0 Å². The lowest BCUT2D eigenvalue weighted by Gasteiger charge is -2.07. The van der Waals surface area contributed by atoms with E-state index in [1.807, 2.05) is 0 Å². The number of carbonyl (C=O) groups is 2. The van der Waals surface area contributed by atoms with Gasteiger partial charge in [0.2, 0.25) is 0 Å². The van der Waals surface area contributed by atoms with Gasteiger partial charge in [-0.3, -0.25) is 9.59 Å². The third kappa shape index (κ3) is 25.2. The van der Waals surface area contributed by atoms with Crippen molar-refractivity contribution in [2.24, 2.45) is 11.8 Å². The van der Waals surface area contributed by atoms with Gasteiger partial charge in [0.1, 0.15) is 0 Å². The zero-order valence-corrected chi connectivity index (χ0v) is 21.9. The Kier molecular flexibility index (Phi) is 22.3. The van der Waals surface area contributed by atoms with Crippen LogP contribution < -0.4 is 0 Å². The number of esters is 2. The van der Waals surface area contributed by atoms with Gasteiger partial charge in [0.05, 0.1) is 26.1 Å². The molecule has 0 heterocycles. The number of hydrogen-bond acceptors (Lipinski definition) is 4. The molecule has 0 saturated heterocycles. The highest BCUT2D eigenvalue weighted by Crippen LogP contribution is 2.13. The van der Waals surface area contributed by atoms with E-state index >= 15 is 0 Å². The smallest absolute Gasteiger partial charge is 0.306 e. The lowest BCUT2D eigenvalue weighted by molar-refractivity contribution is -0.150. The quantitative estimate of drug-likeness (QED) is 0.115. The van der Waals surface area contributed by atoms with E-state index in [0.29, 0.717) is 13.2 Å². The van der Waals surface area contributed by atoms with Crippen LogP contribution in [0.5, 0.6) is 0 Å². The lowest BCUT2D eigenvalue weighted by atomic mass is 10.0. The summed E-state index contributed by atoms with van der Waals surface area (Å²) in [5.41, 5.74) is 0. The highest BCUT2D eigenvalue weighted by Gasteiger charge is 2.09. The maximum atomic E-state index is 11.7. The van der Waals surface area contributed by atoms with Crippen LogP contribution >= 0.6 is 0 Å². The molecule has 32 heavy (non-hydrogen) atoms. The molecule has 0 fully saturated rings. The average molecular weight is 455 g/mol. The third-order valence-electron chi connectivity index (χ3n) is 5.91. The van der Waals surface area contributed by atoms with Gasteiger partial charge in [-0.25, -0.2) is 0 Å². The standard InChI is InChI=1S/C28H54O4/c1-25(2)19-15-11-7-5-9-13-17-23-31-27(29)21-22-28(30)32-24-18-14-10-6-8-12-16-20-26(3)4/h25-26H,5-24H2,1-4H3. The van der Waals surface area contributed by atoms with Gasteiger partial charge in [-0.05, 0) is 24.7 Å². The maximum Gasteiger partial charge on any atom is 0.306 e. The van der Waals surface area contributed by atoms with E-state index < -0.39 is 0 Å². The molecular formula is C28H54O4. The van der Waals surface area contributed by atoms with Crippen LogP contribution in [0.15, 0.2) is 0 Å². The Bertz CT molecular complexity index is 391. The molecule has 0 rings (SSSR count). The Hall–Kier alpha value is -1.06. The summed E-state index contributed by atoms with van der Waals surface area (Å²) >= 11 is 0. The van der Waals surface area contributed by atoms with E-state index in [9.17, 15) is 9.59 Å². The molecule has 0 aliphatic carbocycles. The van der Waals surface area contributed by atoms with E-state index in [0.717, 1.165) is 37.5 Å². The predicted molar refractivity (Wildman–Crippen MR) is 135 cm³/mol. The molecule has 0 aromatic heterocycles. The second kappa shape index (κ2) is 23.1. The van der Waals surface area contributed by atoms with Crippen LogP contribution in [0.25, 0.3) is 0 Å². The molecule has 0 aliphatic rings. The summed E-state index contributed by atoms with van der Waals surface area (Å²) in [4.78, 5) is 23.5. The van der Waals surface area contributed by atoms with Gasteiger partial charge in [0.25, 0.3) is 0 Å². The minimum atomic E-state index is -0.284. The monoisotopic (exact) mass is 454 g/mol. The molecule has 4 heteroatoms. The van der Waals surface area contributed by atoms with Crippen LogP contribution in [0.4, 0.5) is 0 Å². The number of ether oxygens (including phenoxy) is 2. The maximum absolute atomic E-state index is 11.7. The Balaban J connectivity index is 3.33. The second-order valence-corrected chi connectivity index (χ2v) is 10.3. The highest BCUT2D eigenvalue weighted by atomic mass is 16.5. The Morgan fingerprint density at radius 3 is 1.06 bits per heavy atom. The summed E-state index contributed by atoms with van der Waals surface area (Å²) < 4.78 is 10.5. The molecule has 0 aliphatic heterocycles. The minimum absolute atomic E-state index is 0.130. The first kappa shape index (κ1) is 30.9. The highest BCUT2D eigenvalue weighted by molar-refractivity contribution is 5.77. The lowest BCUT2D eigenvalue weighted by Crippen LogP contribution is -2.11. The molecule has 0 bridgehead atoms. The Labute approximate surface area is 199 Å². The SMILES string of the molecule is CC(C)CCCCCCCCCOC(=O)CCC(=O)OCCCCCCCCCC(C)C. The van der Waals surface area contributed by atoms with E-state index in [-0.39, 0.29) is 24.8 Å². The van der Waals surface area contributed by atoms with Crippen LogP contribution in [0.3, 0.4) is 0 Å². The van der Waals surface area contributed by atoms with Crippen molar-refractivity contribution in [1.82, 2.24) is 0 Å². The largest absolute Gasteiger partial charge is 0.466 e. The van der Waals surface area contributed by atoms with Crippen molar-refractivity contribution >= 4 is 11.9 Å². The first-order valence-corrected chi connectivity index (χ1v) is 13.7. The molecule has 0 aromatic carbocycles. The van der Waals surface area contributed by atoms with Crippen molar-refractivity contribution in [3.05, 3.63) is 0 Å². The van der Waals surface area contributed by atoms with E-state index in [2.05, 4.69) is 27.7 Å². The van der Waals surface area contributed by atoms with Crippen molar-refractivity contribution in [1.29, 1.82) is 0 Å². The summed E-state index contributed by atoms with van der Waals surface area (Å²) in [5, 5.41) is 0. The summed E-state index contributed by atoms with van der Waals surface area (Å²) in [6, 6.07) is 0. The van der Waals surface area contributed by atoms with E-state index in [4.69, 9.17) is 9.47 Å². The molecular weight excluding hydrogens is 400 g/mol. The molecule has 0 atom stereocenters. The molecule has 4 nitrogen and oxygen atoms in total. The van der Waals surface area contributed by atoms with Gasteiger partial charge >= 0.3 is 11.9 Å². The van der Waals surface area contributed by atoms with E-state index in [1.54, 1.807) is 0 Å². The van der Waals surface area contributed by atoms with Crippen molar-refractivity contribution in [2.45, 2.75) is 143 Å². The van der Waals surface area contributed by atoms with Gasteiger partial charge in [-0.2, -0.15) is 0 Å². The normalized spacial score (nSPS) is 11.3. The number of rotatable bonds is 23. The Morgan fingerprint density at radius 2 is 0.750 bits per heavy atom. The van der Waals surface area contributed by atoms with Gasteiger partial charge in [-0.1, -0.05) is 118 Å². The molecule has 0 amide bonds. The van der Waals surface area contributed by atoms with Gasteiger partial charge < -0.3 is 9.47 Å². The van der Waals surface area contributed by atoms with Crippen LogP contribution in [0, 0.1) is 11.8 Å². The first-order chi connectivity index (χ1) is 15.4. The van der Waals surface area contributed by atoms with Crippen molar-refractivity contribution in [3.63, 3.8) is 0 Å². The summed E-state index contributed by atoms with van der Waals surface area (Å²) in [5.74, 6) is 1.06. The van der Waals surface area contributed by atoms with Gasteiger partial charge in [-0.15, -0.1) is 0 Å². The number of carbonyl (C=O) groups excluding carboxylic acids is 2. The van der Waals surface area contributed by atoms with Crippen LogP contribution in [-0.4, -0.2) is 25.2 Å². The predicted octanol–water partition coefficient (Wildman–Crippen LogP) is 8.41. The molecule has 0 unspecified atom stereocenters. The molecule has 0 N–H and O–H groups in total. The van der Waals surface area contributed by atoms with Crippen molar-refractivity contribution < 1.29 is 19.1 Å². The van der Waals surface area contributed by atoms with Crippen molar-refractivity contribution in [3.8, 4) is 0 Å². The van der Waals surface area contributed by atoms with E-state index in [1.165, 1.54) is 77.0 Å². The third-order valence-corrected chi connectivity index (χ3v) is 5.91. The average Bonchev–Trinajstić information content (AvgIpc) is 2.74. The fraction of sp³-hybridized carbons (Fsp3) is 0.929. The van der Waals surface area contributed by atoms with Gasteiger partial charge in [0, 0.05) is 0 Å². The zero-order chi connectivity index (χ0) is 23.9. The van der Waals surface area contributed by atoms with Crippen LogP contribution in [0.1, 0.15) is 143 Å². The number of unbranched alkanes of at least 4 members (excludes halogenated alkanes) is 12. The molecule has 0 spiro atoms. The summed E-state index contributed by atoms with van der Waals surface area (Å²) in [7, 11) is 0. The molecule has 0 aromatic rings. The van der Waals surface area contributed by atoms with Gasteiger partial charge in [0.15, 0.2) is 0 Å². The zero-order valence-electron chi connectivity index (χ0n) is 21.9. The second-order valence-electron chi connectivity index (χ2n) is 10.3. The Morgan fingerprint density at radius 1 is 0.469 bits per heavy atom. The molecule has 190 valence electrons. The van der Waals surface area contributed by atoms with Crippen molar-refractivity contribution in [2.75, 3.05) is 13.2 Å². The van der Waals surface area contributed by atoms with Crippen LogP contribution in [-0.2, 0) is 19.1 Å². The molecule has 0 radical (unpaired) electrons. The first-order valence-electron chi connectivity index (χ1n) is 13.7.